The van der Waals surface area contributed by atoms with E-state index in [4.69, 9.17) is 5.73 Å². The molecule has 1 fully saturated rings. The number of nitrogens with zero attached hydrogens (tertiary/aromatic N) is 2. The fraction of sp³-hybridized carbons (Fsp3) is 0.217. The van der Waals surface area contributed by atoms with Gasteiger partial charge in [-0.2, -0.15) is 0 Å². The van der Waals surface area contributed by atoms with Crippen LogP contribution in [0.5, 0.6) is 0 Å². The second-order valence-electron chi connectivity index (χ2n) is 7.78. The minimum absolute atomic E-state index is 0.0227. The number of carbonyl (C=O) groups excluding carboxylic acids is 2. The van der Waals surface area contributed by atoms with Crippen molar-refractivity contribution in [3.8, 4) is 11.3 Å². The monoisotopic (exact) mass is 470 g/mol. The van der Waals surface area contributed by atoms with Crippen molar-refractivity contribution in [1.29, 1.82) is 0 Å². The third kappa shape index (κ3) is 5.15. The Labute approximate surface area is 192 Å². The highest BCUT2D eigenvalue weighted by Gasteiger charge is 2.21. The molecule has 0 saturated carbocycles. The summed E-state index contributed by atoms with van der Waals surface area (Å²) in [6.45, 7) is 1.05. The molecule has 0 aliphatic carbocycles. The molecule has 2 heterocycles. The van der Waals surface area contributed by atoms with E-state index in [1.807, 2.05) is 0 Å². The first-order valence-corrected chi connectivity index (χ1v) is 10.5. The molecule has 0 spiro atoms. The maximum atomic E-state index is 13.8. The zero-order valence-corrected chi connectivity index (χ0v) is 17.9. The van der Waals surface area contributed by atoms with Crippen molar-refractivity contribution in [2.24, 2.45) is 0 Å². The molecule has 3 aromatic rings. The zero-order valence-electron chi connectivity index (χ0n) is 17.9. The van der Waals surface area contributed by atoms with E-state index in [0.29, 0.717) is 23.9 Å². The van der Waals surface area contributed by atoms with E-state index in [1.54, 1.807) is 12.1 Å². The summed E-state index contributed by atoms with van der Waals surface area (Å²) in [5.41, 5.74) is 6.50. The SMILES string of the molecule is Nc1ncc(-c2cccc(C(=O)NCc3cc(F)cc(F)c3F)c2)nc1C(=O)N[C@H]1CCNC1. The number of hydrogen-bond acceptors (Lipinski definition) is 6. The Morgan fingerprint density at radius 2 is 1.97 bits per heavy atom. The first-order chi connectivity index (χ1) is 16.3. The summed E-state index contributed by atoms with van der Waals surface area (Å²) in [7, 11) is 0. The van der Waals surface area contributed by atoms with Crippen molar-refractivity contribution in [2.75, 3.05) is 18.8 Å². The van der Waals surface area contributed by atoms with E-state index < -0.39 is 35.8 Å². The summed E-state index contributed by atoms with van der Waals surface area (Å²) < 4.78 is 40.6. The predicted octanol–water partition coefficient (Wildman–Crippen LogP) is 2.16. The van der Waals surface area contributed by atoms with Crippen molar-refractivity contribution < 1.29 is 22.8 Å². The van der Waals surface area contributed by atoms with Crippen molar-refractivity contribution in [1.82, 2.24) is 25.9 Å². The van der Waals surface area contributed by atoms with Gasteiger partial charge in [0.1, 0.15) is 5.82 Å². The highest BCUT2D eigenvalue weighted by Crippen LogP contribution is 2.21. The number of carbonyl (C=O) groups is 2. The Hall–Kier alpha value is -3.99. The number of aromatic nitrogens is 2. The molecule has 2 aromatic carbocycles. The third-order valence-electron chi connectivity index (χ3n) is 5.34. The summed E-state index contributed by atoms with van der Waals surface area (Å²) in [5.74, 6) is -4.58. The fourth-order valence-corrected chi connectivity index (χ4v) is 3.57. The van der Waals surface area contributed by atoms with E-state index >= 15 is 0 Å². The number of rotatable bonds is 6. The zero-order chi connectivity index (χ0) is 24.2. The van der Waals surface area contributed by atoms with Crippen LogP contribution in [0.3, 0.4) is 0 Å². The smallest absolute Gasteiger partial charge is 0.274 e. The van der Waals surface area contributed by atoms with Crippen molar-refractivity contribution >= 4 is 17.6 Å². The van der Waals surface area contributed by atoms with E-state index in [-0.39, 0.29) is 28.7 Å². The minimum atomic E-state index is -1.34. The van der Waals surface area contributed by atoms with Crippen LogP contribution in [-0.4, -0.2) is 40.9 Å². The largest absolute Gasteiger partial charge is 0.382 e. The molecule has 0 bridgehead atoms. The normalized spacial score (nSPS) is 15.2. The molecule has 5 N–H and O–H groups in total. The number of amides is 2. The standard InChI is InChI=1S/C23H21F3N6O2/c24-15-7-14(19(26)17(25)8-15)9-30-22(33)13-3-1-2-12(6-13)18-11-29-21(27)20(32-18)23(34)31-16-4-5-28-10-16/h1-3,6-8,11,16,28H,4-5,9-10H2,(H2,27,29)(H,30,33)(H,31,34)/t16-/m0/s1. The average Bonchev–Trinajstić information content (AvgIpc) is 3.33. The molecule has 34 heavy (non-hydrogen) atoms. The first-order valence-electron chi connectivity index (χ1n) is 10.5. The molecule has 0 radical (unpaired) electrons. The van der Waals surface area contributed by atoms with Crippen LogP contribution in [0.2, 0.25) is 0 Å². The lowest BCUT2D eigenvalue weighted by atomic mass is 10.1. The van der Waals surface area contributed by atoms with E-state index in [2.05, 4.69) is 25.9 Å². The Bertz CT molecular complexity index is 1250. The molecule has 8 nitrogen and oxygen atoms in total. The molecule has 4 rings (SSSR count). The van der Waals surface area contributed by atoms with Crippen LogP contribution in [0, 0.1) is 17.5 Å². The summed E-state index contributed by atoms with van der Waals surface area (Å²) in [6, 6.07) is 7.48. The number of hydrogen-bond donors (Lipinski definition) is 4. The maximum absolute atomic E-state index is 13.8. The number of nitrogens with one attached hydrogen (secondary N) is 3. The van der Waals surface area contributed by atoms with E-state index in [9.17, 15) is 22.8 Å². The summed E-state index contributed by atoms with van der Waals surface area (Å²) >= 11 is 0. The first kappa shape index (κ1) is 23.2. The van der Waals surface area contributed by atoms with Gasteiger partial charge in [0.15, 0.2) is 23.1 Å². The van der Waals surface area contributed by atoms with Crippen molar-refractivity contribution in [2.45, 2.75) is 19.0 Å². The maximum Gasteiger partial charge on any atom is 0.274 e. The van der Waals surface area contributed by atoms with Crippen LogP contribution < -0.4 is 21.7 Å². The summed E-state index contributed by atoms with van der Waals surface area (Å²) in [4.78, 5) is 33.5. The highest BCUT2D eigenvalue weighted by molar-refractivity contribution is 5.97. The second kappa shape index (κ2) is 9.87. The van der Waals surface area contributed by atoms with Gasteiger partial charge in [-0.25, -0.2) is 23.1 Å². The Morgan fingerprint density at radius 1 is 1.15 bits per heavy atom. The lowest BCUT2D eigenvalue weighted by Gasteiger charge is -2.13. The van der Waals surface area contributed by atoms with Gasteiger partial charge in [-0.1, -0.05) is 12.1 Å². The molecule has 1 atom stereocenters. The van der Waals surface area contributed by atoms with Crippen molar-refractivity contribution in [3.05, 3.63) is 76.9 Å². The van der Waals surface area contributed by atoms with Crippen LogP contribution in [0.25, 0.3) is 11.3 Å². The number of halogens is 3. The molecule has 1 saturated heterocycles. The van der Waals surface area contributed by atoms with Gasteiger partial charge in [-0.05, 0) is 31.2 Å². The summed E-state index contributed by atoms with van der Waals surface area (Å²) in [6.07, 6.45) is 2.17. The van der Waals surface area contributed by atoms with Gasteiger partial charge in [0.2, 0.25) is 0 Å². The second-order valence-corrected chi connectivity index (χ2v) is 7.78. The lowest BCUT2D eigenvalue weighted by molar-refractivity contribution is 0.0932. The Morgan fingerprint density at radius 3 is 2.74 bits per heavy atom. The molecule has 1 aromatic heterocycles. The van der Waals surface area contributed by atoms with Gasteiger partial charge in [0.25, 0.3) is 11.8 Å². The van der Waals surface area contributed by atoms with Gasteiger partial charge >= 0.3 is 0 Å². The van der Waals surface area contributed by atoms with Crippen LogP contribution in [0.1, 0.15) is 32.8 Å². The van der Waals surface area contributed by atoms with E-state index in [1.165, 1.54) is 18.3 Å². The van der Waals surface area contributed by atoms with Crippen LogP contribution in [-0.2, 0) is 6.54 Å². The fourth-order valence-electron chi connectivity index (χ4n) is 3.57. The topological polar surface area (TPSA) is 122 Å². The van der Waals surface area contributed by atoms with Gasteiger partial charge in [-0.3, -0.25) is 9.59 Å². The molecule has 2 amide bonds. The molecule has 1 aliphatic heterocycles. The number of anilines is 1. The average molecular weight is 470 g/mol. The number of nitrogen functional groups attached to an aromatic ring is 1. The van der Waals surface area contributed by atoms with Gasteiger partial charge < -0.3 is 21.7 Å². The third-order valence-corrected chi connectivity index (χ3v) is 5.34. The van der Waals surface area contributed by atoms with Crippen molar-refractivity contribution in [3.63, 3.8) is 0 Å². The Kier molecular flexibility index (Phi) is 6.73. The van der Waals surface area contributed by atoms with Crippen LogP contribution in [0.15, 0.2) is 42.6 Å². The number of nitrogens with two attached hydrogens (primary N) is 1. The van der Waals surface area contributed by atoms with Gasteiger partial charge in [0.05, 0.1) is 11.9 Å². The predicted molar refractivity (Wildman–Crippen MR) is 118 cm³/mol. The van der Waals surface area contributed by atoms with Gasteiger partial charge in [-0.15, -0.1) is 0 Å². The molecular weight excluding hydrogens is 449 g/mol. The molecule has 0 unspecified atom stereocenters. The van der Waals surface area contributed by atoms with Gasteiger partial charge in [0, 0.05) is 41.9 Å². The molecule has 1 aliphatic rings. The number of benzene rings is 2. The summed E-state index contributed by atoms with van der Waals surface area (Å²) in [5, 5.41) is 8.44. The molecule has 176 valence electrons. The highest BCUT2D eigenvalue weighted by atomic mass is 19.2. The molecule has 11 heteroatoms. The lowest BCUT2D eigenvalue weighted by Crippen LogP contribution is -2.37. The minimum Gasteiger partial charge on any atom is -0.382 e. The Balaban J connectivity index is 1.51. The van der Waals surface area contributed by atoms with E-state index in [0.717, 1.165) is 19.0 Å². The molecular formula is C23H21F3N6O2. The quantitative estimate of drug-likeness (QED) is 0.410. The van der Waals surface area contributed by atoms with Crippen LogP contribution >= 0.6 is 0 Å². The van der Waals surface area contributed by atoms with Crippen LogP contribution in [0.4, 0.5) is 19.0 Å².